The van der Waals surface area contributed by atoms with E-state index in [0.29, 0.717) is 31.6 Å². The van der Waals surface area contributed by atoms with Crippen LogP contribution in [0.5, 0.6) is 0 Å². The van der Waals surface area contributed by atoms with Crippen LogP contribution in [-0.4, -0.2) is 59.0 Å². The Kier molecular flexibility index (Phi) is 4.76. The first-order valence-corrected chi connectivity index (χ1v) is 8.80. The van der Waals surface area contributed by atoms with Gasteiger partial charge >= 0.3 is 0 Å². The summed E-state index contributed by atoms with van der Waals surface area (Å²) in [5.41, 5.74) is 2.22. The van der Waals surface area contributed by atoms with E-state index in [4.69, 9.17) is 9.72 Å². The molecule has 2 fully saturated rings. The second-order valence-electron chi connectivity index (χ2n) is 6.64. The number of nitrogens with zero attached hydrogens (tertiary/aromatic N) is 4. The van der Waals surface area contributed by atoms with E-state index in [-0.39, 0.29) is 6.10 Å². The molecule has 0 aromatic carbocycles. The lowest BCUT2D eigenvalue weighted by atomic mass is 10.0. The molecule has 4 rings (SSSR count). The number of rotatable bonds is 6. The highest BCUT2D eigenvalue weighted by Gasteiger charge is 2.28. The minimum atomic E-state index is -0.274. The van der Waals surface area contributed by atoms with Gasteiger partial charge in [0.05, 0.1) is 18.4 Å². The number of nitrogens with one attached hydrogen (secondary N) is 1. The van der Waals surface area contributed by atoms with Gasteiger partial charge in [0.25, 0.3) is 0 Å². The van der Waals surface area contributed by atoms with Gasteiger partial charge in [-0.05, 0) is 24.5 Å². The van der Waals surface area contributed by atoms with E-state index in [1.54, 1.807) is 6.20 Å². The minimum Gasteiger partial charge on any atom is -0.389 e. The van der Waals surface area contributed by atoms with Gasteiger partial charge in [0.2, 0.25) is 5.95 Å². The summed E-state index contributed by atoms with van der Waals surface area (Å²) in [6.07, 6.45) is 5.27. The highest BCUT2D eigenvalue weighted by Crippen LogP contribution is 2.28. The predicted octanol–water partition coefficient (Wildman–Crippen LogP) is 1.21. The standard InChI is InChI=1S/C18H23N5O2/c24-15-10-23(11-15)18-21-16(14-4-7-25-12-14)8-17(22-18)20-6-3-13-2-1-5-19-9-13/h1-2,5,8-9,14-15,24H,3-4,6-7,10-12H2,(H,20,21,22)/t14-/m1/s1. The Balaban J connectivity index is 1.47. The summed E-state index contributed by atoms with van der Waals surface area (Å²) in [4.78, 5) is 15.5. The van der Waals surface area contributed by atoms with Crippen LogP contribution in [0, 0.1) is 0 Å². The topological polar surface area (TPSA) is 83.4 Å². The zero-order chi connectivity index (χ0) is 17.1. The third-order valence-electron chi connectivity index (χ3n) is 4.67. The van der Waals surface area contributed by atoms with E-state index in [1.165, 1.54) is 5.56 Å². The summed E-state index contributed by atoms with van der Waals surface area (Å²) in [5, 5.41) is 13.0. The molecule has 25 heavy (non-hydrogen) atoms. The number of aromatic nitrogens is 3. The predicted molar refractivity (Wildman–Crippen MR) is 94.9 cm³/mol. The largest absolute Gasteiger partial charge is 0.389 e. The Morgan fingerprint density at radius 1 is 1.32 bits per heavy atom. The Morgan fingerprint density at radius 2 is 2.24 bits per heavy atom. The quantitative estimate of drug-likeness (QED) is 0.817. The van der Waals surface area contributed by atoms with Crippen molar-refractivity contribution in [3.05, 3.63) is 41.9 Å². The monoisotopic (exact) mass is 341 g/mol. The Hall–Kier alpha value is -2.25. The van der Waals surface area contributed by atoms with Gasteiger partial charge in [-0.15, -0.1) is 0 Å². The molecule has 0 spiro atoms. The van der Waals surface area contributed by atoms with Crippen molar-refractivity contribution in [3.8, 4) is 0 Å². The molecule has 0 bridgehead atoms. The maximum atomic E-state index is 9.56. The van der Waals surface area contributed by atoms with Crippen molar-refractivity contribution in [2.45, 2.75) is 24.9 Å². The van der Waals surface area contributed by atoms with Crippen LogP contribution in [0.15, 0.2) is 30.6 Å². The minimum absolute atomic E-state index is 0.274. The molecular formula is C18H23N5O2. The molecule has 7 nitrogen and oxygen atoms in total. The average Bonchev–Trinajstić information content (AvgIpc) is 3.14. The maximum Gasteiger partial charge on any atom is 0.227 e. The van der Waals surface area contributed by atoms with Gasteiger partial charge in [-0.2, -0.15) is 4.98 Å². The van der Waals surface area contributed by atoms with Crippen LogP contribution in [0.1, 0.15) is 23.6 Å². The molecule has 2 saturated heterocycles. The number of hydrogen-bond acceptors (Lipinski definition) is 7. The van der Waals surface area contributed by atoms with Gasteiger partial charge in [-0.1, -0.05) is 6.07 Å². The van der Waals surface area contributed by atoms with Crippen molar-refractivity contribution in [2.24, 2.45) is 0 Å². The summed E-state index contributed by atoms with van der Waals surface area (Å²) in [7, 11) is 0. The van der Waals surface area contributed by atoms with Crippen LogP contribution in [0.25, 0.3) is 0 Å². The molecule has 4 heterocycles. The van der Waals surface area contributed by atoms with E-state index in [9.17, 15) is 5.11 Å². The van der Waals surface area contributed by atoms with Crippen LogP contribution in [0.3, 0.4) is 0 Å². The molecule has 2 N–H and O–H groups in total. The maximum absolute atomic E-state index is 9.56. The molecule has 0 saturated carbocycles. The lowest BCUT2D eigenvalue weighted by molar-refractivity contribution is 0.140. The second-order valence-corrected chi connectivity index (χ2v) is 6.64. The van der Waals surface area contributed by atoms with Crippen LogP contribution >= 0.6 is 0 Å². The highest BCUT2D eigenvalue weighted by atomic mass is 16.5. The van der Waals surface area contributed by atoms with Crippen LogP contribution in [0.2, 0.25) is 0 Å². The third-order valence-corrected chi connectivity index (χ3v) is 4.67. The molecule has 7 heteroatoms. The van der Waals surface area contributed by atoms with Crippen LogP contribution in [-0.2, 0) is 11.2 Å². The average molecular weight is 341 g/mol. The van der Waals surface area contributed by atoms with Crippen molar-refractivity contribution in [2.75, 3.05) is 43.1 Å². The van der Waals surface area contributed by atoms with Crippen molar-refractivity contribution in [3.63, 3.8) is 0 Å². The van der Waals surface area contributed by atoms with Crippen molar-refractivity contribution >= 4 is 11.8 Å². The fraction of sp³-hybridized carbons (Fsp3) is 0.500. The number of hydrogen-bond donors (Lipinski definition) is 2. The fourth-order valence-electron chi connectivity index (χ4n) is 3.16. The van der Waals surface area contributed by atoms with Crippen LogP contribution in [0.4, 0.5) is 11.8 Å². The fourth-order valence-corrected chi connectivity index (χ4v) is 3.16. The van der Waals surface area contributed by atoms with Crippen LogP contribution < -0.4 is 10.2 Å². The Labute approximate surface area is 147 Å². The second kappa shape index (κ2) is 7.33. The molecule has 0 radical (unpaired) electrons. The van der Waals surface area contributed by atoms with Gasteiger partial charge in [-0.3, -0.25) is 4.98 Å². The van der Waals surface area contributed by atoms with Crippen molar-refractivity contribution < 1.29 is 9.84 Å². The molecule has 0 aliphatic carbocycles. The zero-order valence-corrected chi connectivity index (χ0v) is 14.1. The summed E-state index contributed by atoms with van der Waals surface area (Å²) in [6.45, 7) is 3.48. The molecule has 1 atom stereocenters. The molecule has 0 unspecified atom stereocenters. The lowest BCUT2D eigenvalue weighted by Crippen LogP contribution is -2.51. The molecular weight excluding hydrogens is 318 g/mol. The highest BCUT2D eigenvalue weighted by molar-refractivity contribution is 5.46. The molecule has 2 aromatic heterocycles. The molecule has 2 aliphatic heterocycles. The summed E-state index contributed by atoms with van der Waals surface area (Å²) >= 11 is 0. The summed E-state index contributed by atoms with van der Waals surface area (Å²) in [5.74, 6) is 1.85. The van der Waals surface area contributed by atoms with E-state index in [0.717, 1.165) is 37.5 Å². The van der Waals surface area contributed by atoms with Gasteiger partial charge in [0.1, 0.15) is 5.82 Å². The van der Waals surface area contributed by atoms with Gasteiger partial charge in [0, 0.05) is 50.6 Å². The number of ether oxygens (including phenoxy) is 1. The van der Waals surface area contributed by atoms with Crippen molar-refractivity contribution in [1.29, 1.82) is 0 Å². The number of anilines is 2. The third kappa shape index (κ3) is 3.88. The van der Waals surface area contributed by atoms with Gasteiger partial charge < -0.3 is 20.1 Å². The number of pyridine rings is 1. The first-order chi connectivity index (χ1) is 12.3. The molecule has 132 valence electrons. The number of aliphatic hydroxyl groups is 1. The van der Waals surface area contributed by atoms with Gasteiger partial charge in [-0.25, -0.2) is 4.98 Å². The molecule has 2 aromatic rings. The molecule has 0 amide bonds. The SMILES string of the molecule is OC1CN(c2nc(NCCc3cccnc3)cc([C@@H]3CCOC3)n2)C1. The first kappa shape index (κ1) is 16.2. The first-order valence-electron chi connectivity index (χ1n) is 8.80. The smallest absolute Gasteiger partial charge is 0.227 e. The zero-order valence-electron chi connectivity index (χ0n) is 14.1. The normalized spacial score (nSPS) is 20.5. The van der Waals surface area contributed by atoms with Gasteiger partial charge in [0.15, 0.2) is 0 Å². The Bertz CT molecular complexity index is 700. The van der Waals surface area contributed by atoms with Crippen molar-refractivity contribution in [1.82, 2.24) is 15.0 Å². The van der Waals surface area contributed by atoms with E-state index in [2.05, 4.69) is 21.4 Å². The summed E-state index contributed by atoms with van der Waals surface area (Å²) < 4.78 is 5.51. The molecule has 2 aliphatic rings. The summed E-state index contributed by atoms with van der Waals surface area (Å²) in [6, 6.07) is 6.05. The number of β-amino-alcohol motifs (C(OH)–C–C–N with tert-alkyl or cyclic N) is 1. The van der Waals surface area contributed by atoms with E-state index >= 15 is 0 Å². The Morgan fingerprint density at radius 3 is 2.96 bits per heavy atom. The van der Waals surface area contributed by atoms with E-state index in [1.807, 2.05) is 23.2 Å². The van der Waals surface area contributed by atoms with E-state index < -0.39 is 0 Å². The number of aliphatic hydroxyl groups excluding tert-OH is 1. The lowest BCUT2D eigenvalue weighted by Gasteiger charge is -2.36.